The summed E-state index contributed by atoms with van der Waals surface area (Å²) in [6.07, 6.45) is 57.1. The van der Waals surface area contributed by atoms with E-state index in [4.69, 9.17) is 37.0 Å². The molecule has 2 unspecified atom stereocenters. The molecule has 0 heterocycles. The van der Waals surface area contributed by atoms with Crippen LogP contribution in [0.1, 0.15) is 401 Å². The highest BCUT2D eigenvalue weighted by Crippen LogP contribution is 2.45. The molecule has 0 aromatic carbocycles. The third kappa shape index (κ3) is 70.5. The summed E-state index contributed by atoms with van der Waals surface area (Å²) in [5.41, 5.74) is 0. The van der Waals surface area contributed by atoms with Gasteiger partial charge in [0.25, 0.3) is 0 Å². The lowest BCUT2D eigenvalue weighted by molar-refractivity contribution is -0.161. The molecule has 0 saturated heterocycles. The number of rotatable bonds is 76. The van der Waals surface area contributed by atoms with Crippen LogP contribution in [-0.4, -0.2) is 96.7 Å². The quantitative estimate of drug-likeness (QED) is 0.0222. The molecule has 0 aromatic rings. The van der Waals surface area contributed by atoms with Crippen LogP contribution in [0, 0.1) is 11.8 Å². The van der Waals surface area contributed by atoms with E-state index < -0.39 is 97.5 Å². The Kier molecular flexibility index (Phi) is 67.4. The molecule has 0 spiro atoms. The van der Waals surface area contributed by atoms with E-state index in [1.807, 2.05) is 0 Å². The Bertz CT molecular complexity index is 1860. The first kappa shape index (κ1) is 94.1. The summed E-state index contributed by atoms with van der Waals surface area (Å²) in [6.45, 7) is 9.52. The van der Waals surface area contributed by atoms with Crippen LogP contribution in [0.4, 0.5) is 0 Å². The highest BCUT2D eigenvalue weighted by atomic mass is 31.2. The second-order valence-corrected chi connectivity index (χ2v) is 31.6. The van der Waals surface area contributed by atoms with Gasteiger partial charge in [0.15, 0.2) is 12.2 Å². The number of hydrogen-bond acceptors (Lipinski definition) is 15. The molecule has 570 valence electrons. The van der Waals surface area contributed by atoms with Gasteiger partial charge in [0.05, 0.1) is 26.4 Å². The second kappa shape index (κ2) is 68.8. The standard InChI is InChI=1S/C77H150O17P2/c1-7-9-11-13-15-17-19-21-22-23-24-25-26-27-28-30-32-34-43-49-55-61-76(81)93-72(65-87-74(79)59-53-47-41-33-31-29-20-18-16-14-12-10-8-2)67-91-95(83,84)89-63-71(78)64-90-96(85,86)92-68-73(94-77(82)62-56-50-44-38-36-40-46-52-58-70(5)6)66-88-75(80)60-54-48-42-37-35-39-45-51-57-69(3)4/h69-73,78H,7-68H2,1-6H3,(H,83,84)(H,85,86)/t71-,72-,73-/m1/s1. The number of aliphatic hydroxyl groups excluding tert-OH is 1. The molecule has 96 heavy (non-hydrogen) atoms. The van der Waals surface area contributed by atoms with Crippen molar-refractivity contribution in [1.29, 1.82) is 0 Å². The number of carbonyl (C=O) groups excluding carboxylic acids is 4. The van der Waals surface area contributed by atoms with Gasteiger partial charge in [0, 0.05) is 25.7 Å². The maximum atomic E-state index is 13.1. The fraction of sp³-hybridized carbons (Fsp3) is 0.948. The highest BCUT2D eigenvalue weighted by Gasteiger charge is 2.30. The first-order valence-corrected chi connectivity index (χ1v) is 43.0. The molecule has 0 amide bonds. The lowest BCUT2D eigenvalue weighted by atomic mass is 10.0. The van der Waals surface area contributed by atoms with Gasteiger partial charge in [-0.2, -0.15) is 0 Å². The van der Waals surface area contributed by atoms with Gasteiger partial charge in [-0.1, -0.05) is 350 Å². The Morgan fingerprint density at radius 3 is 0.708 bits per heavy atom. The number of hydrogen-bond donors (Lipinski definition) is 3. The summed E-state index contributed by atoms with van der Waals surface area (Å²) in [5.74, 6) is -0.673. The average molecular weight is 1410 g/mol. The predicted octanol–water partition coefficient (Wildman–Crippen LogP) is 22.7. The van der Waals surface area contributed by atoms with Crippen LogP contribution in [0.25, 0.3) is 0 Å². The van der Waals surface area contributed by atoms with Gasteiger partial charge in [0.2, 0.25) is 0 Å². The zero-order valence-corrected chi connectivity index (χ0v) is 64.5. The smallest absolute Gasteiger partial charge is 0.462 e. The van der Waals surface area contributed by atoms with E-state index in [-0.39, 0.29) is 25.7 Å². The molecule has 5 atom stereocenters. The Labute approximate surface area is 588 Å². The minimum absolute atomic E-state index is 0.104. The van der Waals surface area contributed by atoms with E-state index in [1.165, 1.54) is 218 Å². The number of esters is 4. The van der Waals surface area contributed by atoms with Gasteiger partial charge in [0.1, 0.15) is 19.3 Å². The Hall–Kier alpha value is -1.94. The molecule has 0 aromatic heterocycles. The van der Waals surface area contributed by atoms with Crippen molar-refractivity contribution in [2.24, 2.45) is 11.8 Å². The van der Waals surface area contributed by atoms with E-state index in [1.54, 1.807) is 0 Å². The van der Waals surface area contributed by atoms with E-state index in [0.29, 0.717) is 25.7 Å². The van der Waals surface area contributed by atoms with Crippen molar-refractivity contribution in [3.63, 3.8) is 0 Å². The minimum atomic E-state index is -4.96. The Morgan fingerprint density at radius 2 is 0.479 bits per heavy atom. The molecule has 0 fully saturated rings. The maximum absolute atomic E-state index is 13.1. The van der Waals surface area contributed by atoms with E-state index in [2.05, 4.69) is 41.5 Å². The van der Waals surface area contributed by atoms with Crippen LogP contribution < -0.4 is 0 Å². The summed E-state index contributed by atoms with van der Waals surface area (Å²) < 4.78 is 68.5. The summed E-state index contributed by atoms with van der Waals surface area (Å²) in [6, 6.07) is 0. The van der Waals surface area contributed by atoms with Gasteiger partial charge in [-0.25, -0.2) is 9.13 Å². The fourth-order valence-electron chi connectivity index (χ4n) is 11.8. The summed E-state index contributed by atoms with van der Waals surface area (Å²) >= 11 is 0. The van der Waals surface area contributed by atoms with Crippen LogP contribution in [-0.2, 0) is 65.4 Å². The van der Waals surface area contributed by atoms with E-state index in [9.17, 15) is 43.2 Å². The van der Waals surface area contributed by atoms with Crippen LogP contribution in [0.5, 0.6) is 0 Å². The molecule has 17 nitrogen and oxygen atoms in total. The molecule has 0 radical (unpaired) electrons. The molecule has 0 aliphatic heterocycles. The highest BCUT2D eigenvalue weighted by molar-refractivity contribution is 7.47. The van der Waals surface area contributed by atoms with Crippen LogP contribution >= 0.6 is 15.6 Å². The molecule has 0 aliphatic rings. The molecular formula is C77H150O17P2. The molecule has 3 N–H and O–H groups in total. The Morgan fingerprint density at radius 1 is 0.281 bits per heavy atom. The molecule has 0 saturated carbocycles. The third-order valence-corrected chi connectivity index (χ3v) is 19.9. The van der Waals surface area contributed by atoms with Crippen molar-refractivity contribution < 1.29 is 80.2 Å². The summed E-state index contributed by atoms with van der Waals surface area (Å²) in [4.78, 5) is 72.8. The van der Waals surface area contributed by atoms with E-state index in [0.717, 1.165) is 102 Å². The maximum Gasteiger partial charge on any atom is 0.472 e. The molecule has 0 rings (SSSR count). The van der Waals surface area contributed by atoms with Crippen molar-refractivity contribution >= 4 is 39.5 Å². The van der Waals surface area contributed by atoms with Crippen molar-refractivity contribution in [2.75, 3.05) is 39.6 Å². The third-order valence-electron chi connectivity index (χ3n) is 18.0. The summed E-state index contributed by atoms with van der Waals surface area (Å²) in [5, 5.41) is 10.6. The lowest BCUT2D eigenvalue weighted by Crippen LogP contribution is -2.30. The van der Waals surface area contributed by atoms with Crippen LogP contribution in [0.3, 0.4) is 0 Å². The number of ether oxygens (including phenoxy) is 4. The van der Waals surface area contributed by atoms with E-state index >= 15 is 0 Å². The predicted molar refractivity (Wildman–Crippen MR) is 391 cm³/mol. The van der Waals surface area contributed by atoms with Gasteiger partial charge < -0.3 is 33.8 Å². The number of phosphoric acid groups is 2. The summed E-state index contributed by atoms with van der Waals surface area (Å²) in [7, 11) is -9.91. The second-order valence-electron chi connectivity index (χ2n) is 28.7. The molecular weight excluding hydrogens is 1260 g/mol. The molecule has 0 bridgehead atoms. The SMILES string of the molecule is CCCCCCCCCCCCCCCCCCCCCCCC(=O)O[C@H](COC(=O)CCCCCCCCCCCCCCC)COP(=O)(O)OC[C@@H](O)COP(=O)(O)OC[C@@H](COC(=O)CCCCCCCCCCC(C)C)OC(=O)CCCCCCCCCCC(C)C. The zero-order chi connectivity index (χ0) is 70.7. The normalized spacial score (nSPS) is 14.0. The first-order chi connectivity index (χ1) is 46.4. The van der Waals surface area contributed by atoms with Gasteiger partial charge in [-0.3, -0.25) is 37.3 Å². The first-order valence-electron chi connectivity index (χ1n) is 40.0. The fourth-order valence-corrected chi connectivity index (χ4v) is 13.4. The Balaban J connectivity index is 5.20. The average Bonchev–Trinajstić information content (AvgIpc) is 1.13. The molecule has 19 heteroatoms. The topological polar surface area (TPSA) is 237 Å². The minimum Gasteiger partial charge on any atom is -0.462 e. The molecule has 0 aliphatic carbocycles. The van der Waals surface area contributed by atoms with Crippen molar-refractivity contribution in [1.82, 2.24) is 0 Å². The van der Waals surface area contributed by atoms with Crippen molar-refractivity contribution in [3.8, 4) is 0 Å². The number of aliphatic hydroxyl groups is 1. The number of phosphoric ester groups is 2. The van der Waals surface area contributed by atoms with Gasteiger partial charge in [-0.15, -0.1) is 0 Å². The van der Waals surface area contributed by atoms with Crippen LogP contribution in [0.2, 0.25) is 0 Å². The van der Waals surface area contributed by atoms with Crippen molar-refractivity contribution in [3.05, 3.63) is 0 Å². The largest absolute Gasteiger partial charge is 0.472 e. The van der Waals surface area contributed by atoms with Gasteiger partial charge >= 0.3 is 39.5 Å². The van der Waals surface area contributed by atoms with Crippen molar-refractivity contribution in [2.45, 2.75) is 419 Å². The zero-order valence-electron chi connectivity index (χ0n) is 62.7. The van der Waals surface area contributed by atoms with Crippen LogP contribution in [0.15, 0.2) is 0 Å². The van der Waals surface area contributed by atoms with Gasteiger partial charge in [-0.05, 0) is 37.5 Å². The number of unbranched alkanes of at least 4 members (excludes halogenated alkanes) is 46. The number of carbonyl (C=O) groups is 4. The monoisotopic (exact) mass is 1410 g/mol. The lowest BCUT2D eigenvalue weighted by Gasteiger charge is -2.21.